The number of hydrogen-bond acceptors (Lipinski definition) is 4. The monoisotopic (exact) mass is 426 g/mol. The first-order chi connectivity index (χ1) is 15.4. The third-order valence-electron chi connectivity index (χ3n) is 5.41. The molecule has 4 rings (SSSR count). The van der Waals surface area contributed by atoms with Gasteiger partial charge in [0.25, 0.3) is 5.91 Å². The van der Waals surface area contributed by atoms with Crippen LogP contribution in [0.1, 0.15) is 18.1 Å². The van der Waals surface area contributed by atoms with Crippen molar-refractivity contribution in [1.82, 2.24) is 0 Å². The smallest absolute Gasteiger partial charge is 0.252 e. The van der Waals surface area contributed by atoms with Gasteiger partial charge in [-0.15, -0.1) is 0 Å². The molecular weight excluding hydrogens is 400 g/mol. The molecule has 6 heteroatoms. The van der Waals surface area contributed by atoms with Crippen molar-refractivity contribution >= 4 is 34.6 Å². The summed E-state index contributed by atoms with van der Waals surface area (Å²) in [5.41, 5.74) is 4.93. The highest BCUT2D eigenvalue weighted by molar-refractivity contribution is 6.20. The molecule has 1 aliphatic rings. The summed E-state index contributed by atoms with van der Waals surface area (Å²) >= 11 is 0. The summed E-state index contributed by atoms with van der Waals surface area (Å²) in [6.07, 6.45) is 0. The number of benzodiazepines with no additional fused rings is 1. The predicted octanol–water partition coefficient (Wildman–Crippen LogP) is 3.96. The molecule has 0 fully saturated rings. The van der Waals surface area contributed by atoms with Crippen LogP contribution < -0.4 is 15.1 Å². The second kappa shape index (κ2) is 9.06. The van der Waals surface area contributed by atoms with E-state index in [-0.39, 0.29) is 18.4 Å². The van der Waals surface area contributed by atoms with Gasteiger partial charge in [-0.05, 0) is 37.3 Å². The van der Waals surface area contributed by atoms with Crippen LogP contribution in [0.25, 0.3) is 0 Å². The Morgan fingerprint density at radius 3 is 2.31 bits per heavy atom. The fourth-order valence-electron chi connectivity index (χ4n) is 3.75. The van der Waals surface area contributed by atoms with E-state index in [1.54, 1.807) is 6.92 Å². The van der Waals surface area contributed by atoms with Crippen LogP contribution in [-0.2, 0) is 9.59 Å². The zero-order valence-electron chi connectivity index (χ0n) is 18.4. The van der Waals surface area contributed by atoms with E-state index in [2.05, 4.69) is 5.32 Å². The second-order valence-corrected chi connectivity index (χ2v) is 7.95. The van der Waals surface area contributed by atoms with Crippen LogP contribution in [0.2, 0.25) is 0 Å². The first-order valence-electron chi connectivity index (χ1n) is 10.6. The summed E-state index contributed by atoms with van der Waals surface area (Å²) in [4.78, 5) is 34.3. The second-order valence-electron chi connectivity index (χ2n) is 7.95. The van der Waals surface area contributed by atoms with Crippen LogP contribution in [0.5, 0.6) is 0 Å². The van der Waals surface area contributed by atoms with Gasteiger partial charge in [0.2, 0.25) is 5.91 Å². The molecular formula is C26H26N4O2. The molecule has 0 bridgehead atoms. The van der Waals surface area contributed by atoms with Gasteiger partial charge in [0.05, 0.1) is 11.4 Å². The largest absolute Gasteiger partial charge is 0.378 e. The number of fused-ring (bicyclic) bond motifs is 1. The molecule has 3 aromatic carbocycles. The Morgan fingerprint density at radius 1 is 0.969 bits per heavy atom. The number of nitrogens with zero attached hydrogens (tertiary/aromatic N) is 3. The number of anilines is 3. The zero-order valence-corrected chi connectivity index (χ0v) is 18.4. The van der Waals surface area contributed by atoms with Crippen molar-refractivity contribution in [2.24, 2.45) is 4.99 Å². The lowest BCUT2D eigenvalue weighted by Gasteiger charge is -2.24. The number of carbonyl (C=O) groups excluding carboxylic acids is 2. The van der Waals surface area contributed by atoms with Crippen molar-refractivity contribution in [1.29, 1.82) is 0 Å². The summed E-state index contributed by atoms with van der Waals surface area (Å²) in [5, 5.41) is 2.90. The normalized spacial score (nSPS) is 15.5. The molecule has 6 nitrogen and oxygen atoms in total. The summed E-state index contributed by atoms with van der Waals surface area (Å²) in [6.45, 7) is 1.68. The summed E-state index contributed by atoms with van der Waals surface area (Å²) in [6, 6.07) is 24.4. The number of carbonyl (C=O) groups is 2. The Labute approximate surface area is 188 Å². The first-order valence-corrected chi connectivity index (χ1v) is 10.6. The molecule has 0 saturated heterocycles. The SMILES string of the molecule is C[C@@H]1N=C(c2ccccc2)c2ccccc2N(CC(=O)Nc2ccc(N(C)C)cc2)C1=O. The Morgan fingerprint density at radius 2 is 1.62 bits per heavy atom. The van der Waals surface area contributed by atoms with E-state index in [9.17, 15) is 9.59 Å². The van der Waals surface area contributed by atoms with Crippen LogP contribution >= 0.6 is 0 Å². The molecule has 0 aromatic heterocycles. The minimum Gasteiger partial charge on any atom is -0.378 e. The van der Waals surface area contributed by atoms with E-state index in [1.165, 1.54) is 4.90 Å². The highest BCUT2D eigenvalue weighted by atomic mass is 16.2. The van der Waals surface area contributed by atoms with Gasteiger partial charge in [0, 0.05) is 36.6 Å². The molecule has 1 atom stereocenters. The van der Waals surface area contributed by atoms with E-state index in [0.717, 1.165) is 22.5 Å². The number of rotatable bonds is 5. The Bertz CT molecular complexity index is 1150. The molecule has 0 spiro atoms. The molecule has 0 aliphatic carbocycles. The maximum atomic E-state index is 13.2. The van der Waals surface area contributed by atoms with Gasteiger partial charge in [-0.1, -0.05) is 48.5 Å². The van der Waals surface area contributed by atoms with E-state index in [4.69, 9.17) is 4.99 Å². The van der Waals surface area contributed by atoms with Crippen LogP contribution in [0.4, 0.5) is 17.1 Å². The van der Waals surface area contributed by atoms with Crippen LogP contribution in [0.15, 0.2) is 83.9 Å². The summed E-state index contributed by atoms with van der Waals surface area (Å²) in [5.74, 6) is -0.470. The average molecular weight is 427 g/mol. The number of amides is 2. The summed E-state index contributed by atoms with van der Waals surface area (Å²) < 4.78 is 0. The van der Waals surface area contributed by atoms with E-state index >= 15 is 0 Å². The van der Waals surface area contributed by atoms with Crippen LogP contribution in [0.3, 0.4) is 0 Å². The molecule has 0 radical (unpaired) electrons. The minimum atomic E-state index is -0.607. The first kappa shape index (κ1) is 21.3. The lowest BCUT2D eigenvalue weighted by Crippen LogP contribution is -2.42. The van der Waals surface area contributed by atoms with Crippen molar-refractivity contribution in [2.45, 2.75) is 13.0 Å². The van der Waals surface area contributed by atoms with Crippen molar-refractivity contribution in [3.63, 3.8) is 0 Å². The number of nitrogens with one attached hydrogen (secondary N) is 1. The number of para-hydroxylation sites is 1. The molecule has 0 unspecified atom stereocenters. The quantitative estimate of drug-likeness (QED) is 0.672. The Kier molecular flexibility index (Phi) is 6.03. The Balaban J connectivity index is 1.62. The summed E-state index contributed by atoms with van der Waals surface area (Å²) in [7, 11) is 3.92. The molecule has 1 aliphatic heterocycles. The van der Waals surface area contributed by atoms with Crippen molar-refractivity contribution in [3.05, 3.63) is 90.0 Å². The molecule has 2 amide bonds. The fourth-order valence-corrected chi connectivity index (χ4v) is 3.75. The molecule has 3 aromatic rings. The van der Waals surface area contributed by atoms with Crippen molar-refractivity contribution in [2.75, 3.05) is 35.8 Å². The maximum absolute atomic E-state index is 13.2. The van der Waals surface area contributed by atoms with Crippen LogP contribution in [-0.4, -0.2) is 44.2 Å². The average Bonchev–Trinajstić information content (AvgIpc) is 2.90. The van der Waals surface area contributed by atoms with Crippen molar-refractivity contribution in [3.8, 4) is 0 Å². The topological polar surface area (TPSA) is 65.0 Å². The molecule has 1 N–H and O–H groups in total. The van der Waals surface area contributed by atoms with Crippen LogP contribution in [0, 0.1) is 0 Å². The van der Waals surface area contributed by atoms with E-state index in [1.807, 2.05) is 97.9 Å². The molecule has 162 valence electrons. The highest BCUT2D eigenvalue weighted by Crippen LogP contribution is 2.28. The van der Waals surface area contributed by atoms with Gasteiger partial charge in [-0.25, -0.2) is 0 Å². The van der Waals surface area contributed by atoms with Gasteiger partial charge in [0.15, 0.2) is 0 Å². The highest BCUT2D eigenvalue weighted by Gasteiger charge is 2.30. The van der Waals surface area contributed by atoms with Gasteiger partial charge >= 0.3 is 0 Å². The van der Waals surface area contributed by atoms with E-state index in [0.29, 0.717) is 11.4 Å². The standard InChI is InChI=1S/C26H26N4O2/c1-18-26(32)30(17-24(31)28-20-13-15-21(16-14-20)29(2)3)23-12-8-7-11-22(23)25(27-18)19-9-5-4-6-10-19/h4-16,18H,17H2,1-3H3,(H,28,31)/t18-/m0/s1. The van der Waals surface area contributed by atoms with Gasteiger partial charge < -0.3 is 15.1 Å². The maximum Gasteiger partial charge on any atom is 0.252 e. The third-order valence-corrected chi connectivity index (χ3v) is 5.41. The lowest BCUT2D eigenvalue weighted by atomic mass is 10.0. The zero-order chi connectivity index (χ0) is 22.7. The molecule has 1 heterocycles. The number of benzene rings is 3. The molecule has 32 heavy (non-hydrogen) atoms. The number of aliphatic imine (C=N–C) groups is 1. The van der Waals surface area contributed by atoms with Gasteiger partial charge in [0.1, 0.15) is 12.6 Å². The van der Waals surface area contributed by atoms with Gasteiger partial charge in [-0.3, -0.25) is 14.6 Å². The predicted molar refractivity (Wildman–Crippen MR) is 130 cm³/mol. The number of hydrogen-bond donors (Lipinski definition) is 1. The third kappa shape index (κ3) is 4.39. The Hall–Kier alpha value is -3.93. The van der Waals surface area contributed by atoms with Gasteiger partial charge in [-0.2, -0.15) is 0 Å². The van der Waals surface area contributed by atoms with E-state index < -0.39 is 6.04 Å². The lowest BCUT2D eigenvalue weighted by molar-refractivity contribution is -0.122. The van der Waals surface area contributed by atoms with Crippen molar-refractivity contribution < 1.29 is 9.59 Å². The fraction of sp³-hybridized carbons (Fsp3) is 0.192. The molecule has 0 saturated carbocycles. The minimum absolute atomic E-state index is 0.0901.